The van der Waals surface area contributed by atoms with Crippen molar-refractivity contribution in [2.75, 3.05) is 6.61 Å². The fraction of sp³-hybridized carbons (Fsp3) is 0.600. The number of ether oxygens (including phenoxy) is 2. The Hall–Kier alpha value is -1.88. The molecule has 0 unspecified atom stereocenters. The number of carbonyl (C=O) groups excluding carboxylic acids is 1. The Morgan fingerprint density at radius 1 is 1.12 bits per heavy atom. The van der Waals surface area contributed by atoms with Crippen LogP contribution in [0.5, 0.6) is 0 Å². The van der Waals surface area contributed by atoms with Crippen molar-refractivity contribution in [1.82, 2.24) is 0 Å². The molecule has 136 valence electrons. The number of rotatable bonds is 8. The maximum atomic E-state index is 11.2. The molecule has 0 aromatic heterocycles. The summed E-state index contributed by atoms with van der Waals surface area (Å²) in [5, 5.41) is 8.92. The van der Waals surface area contributed by atoms with E-state index >= 15 is 0 Å². The van der Waals surface area contributed by atoms with Gasteiger partial charge in [-0.15, -0.1) is 0 Å². The van der Waals surface area contributed by atoms with Gasteiger partial charge in [-0.25, -0.2) is 0 Å². The van der Waals surface area contributed by atoms with Crippen molar-refractivity contribution in [2.45, 2.75) is 57.7 Å². The summed E-state index contributed by atoms with van der Waals surface area (Å²) in [5.41, 5.74) is 2.34. The molecule has 25 heavy (non-hydrogen) atoms. The first-order chi connectivity index (χ1) is 12.0. The summed E-state index contributed by atoms with van der Waals surface area (Å²) in [5.74, 6) is -0.308. The number of hydrogen-bond donors (Lipinski definition) is 1. The molecule has 5 heteroatoms. The van der Waals surface area contributed by atoms with E-state index in [1.807, 2.05) is 18.2 Å². The molecule has 0 radical (unpaired) electrons. The molecule has 2 aliphatic rings. The Kier molecular flexibility index (Phi) is 5.74. The number of benzene rings is 1. The van der Waals surface area contributed by atoms with Crippen molar-refractivity contribution < 1.29 is 24.2 Å². The summed E-state index contributed by atoms with van der Waals surface area (Å²) in [4.78, 5) is 22.0. The van der Waals surface area contributed by atoms with Gasteiger partial charge in [0.1, 0.15) is 0 Å². The van der Waals surface area contributed by atoms with Gasteiger partial charge in [0.2, 0.25) is 0 Å². The first kappa shape index (κ1) is 17.9. The third-order valence-corrected chi connectivity index (χ3v) is 5.54. The van der Waals surface area contributed by atoms with E-state index in [1.54, 1.807) is 0 Å². The predicted octanol–water partition coefficient (Wildman–Crippen LogP) is 2.99. The summed E-state index contributed by atoms with van der Waals surface area (Å²) in [6, 6.07) is 8.08. The molecule has 2 heterocycles. The van der Waals surface area contributed by atoms with Gasteiger partial charge in [-0.2, -0.15) is 0 Å². The second-order valence-corrected chi connectivity index (χ2v) is 7.12. The monoisotopic (exact) mass is 346 g/mol. The summed E-state index contributed by atoms with van der Waals surface area (Å²) in [7, 11) is 0. The van der Waals surface area contributed by atoms with Crippen LogP contribution < -0.4 is 0 Å². The highest BCUT2D eigenvalue weighted by molar-refractivity contribution is 5.67. The minimum Gasteiger partial charge on any atom is -0.481 e. The van der Waals surface area contributed by atoms with Crippen molar-refractivity contribution in [3.63, 3.8) is 0 Å². The normalized spacial score (nSPS) is 27.4. The van der Waals surface area contributed by atoms with Gasteiger partial charge in [-0.1, -0.05) is 24.3 Å². The van der Waals surface area contributed by atoms with Crippen molar-refractivity contribution in [2.24, 2.45) is 11.8 Å². The summed E-state index contributed by atoms with van der Waals surface area (Å²) in [6.45, 7) is 1.89. The summed E-state index contributed by atoms with van der Waals surface area (Å²) in [6.07, 6.45) is 5.25. The van der Waals surface area contributed by atoms with Gasteiger partial charge in [0.25, 0.3) is 0 Å². The second kappa shape index (κ2) is 8.00. The smallest absolute Gasteiger partial charge is 0.303 e. The van der Waals surface area contributed by atoms with E-state index in [0.717, 1.165) is 31.2 Å². The lowest BCUT2D eigenvalue weighted by molar-refractivity contribution is -0.143. The summed E-state index contributed by atoms with van der Waals surface area (Å²) >= 11 is 0. The molecular weight excluding hydrogens is 320 g/mol. The SMILES string of the molecule is CC(=O)OC[C@H]1[C@@H](CCc2ccccc2CCC(=O)O)[C@@H]2CC[C@H]1O2. The molecule has 2 bridgehead atoms. The van der Waals surface area contributed by atoms with Crippen LogP contribution in [0.4, 0.5) is 0 Å². The first-order valence-electron chi connectivity index (χ1n) is 9.12. The van der Waals surface area contributed by atoms with Crippen LogP contribution >= 0.6 is 0 Å². The molecule has 2 aliphatic heterocycles. The van der Waals surface area contributed by atoms with Crippen LogP contribution in [0.1, 0.15) is 43.7 Å². The molecule has 5 nitrogen and oxygen atoms in total. The Bertz CT molecular complexity index is 626. The largest absolute Gasteiger partial charge is 0.481 e. The highest BCUT2D eigenvalue weighted by Gasteiger charge is 2.48. The number of fused-ring (bicyclic) bond motifs is 2. The van der Waals surface area contributed by atoms with E-state index in [1.165, 1.54) is 12.5 Å². The van der Waals surface area contributed by atoms with Crippen molar-refractivity contribution in [3.8, 4) is 0 Å². The van der Waals surface area contributed by atoms with Gasteiger partial charge in [-0.05, 0) is 49.1 Å². The molecule has 0 aliphatic carbocycles. The molecule has 4 atom stereocenters. The molecule has 0 saturated carbocycles. The molecule has 1 aromatic rings. The topological polar surface area (TPSA) is 72.8 Å². The molecule has 1 aromatic carbocycles. The first-order valence-corrected chi connectivity index (χ1v) is 9.12. The zero-order valence-corrected chi connectivity index (χ0v) is 14.6. The molecule has 3 rings (SSSR count). The van der Waals surface area contributed by atoms with E-state index in [-0.39, 0.29) is 30.5 Å². The Morgan fingerprint density at radius 2 is 1.76 bits per heavy atom. The lowest BCUT2D eigenvalue weighted by Gasteiger charge is -2.27. The Labute approximate surface area is 148 Å². The second-order valence-electron chi connectivity index (χ2n) is 7.12. The van der Waals surface area contributed by atoms with Crippen LogP contribution in [-0.4, -0.2) is 35.9 Å². The maximum absolute atomic E-state index is 11.2. The fourth-order valence-corrected chi connectivity index (χ4v) is 4.32. The number of carboxylic acid groups (broad SMARTS) is 1. The van der Waals surface area contributed by atoms with Gasteiger partial charge in [0, 0.05) is 19.3 Å². The van der Waals surface area contributed by atoms with Gasteiger partial charge in [-0.3, -0.25) is 9.59 Å². The zero-order valence-electron chi connectivity index (χ0n) is 14.6. The molecule has 2 saturated heterocycles. The highest BCUT2D eigenvalue weighted by atomic mass is 16.5. The lowest BCUT2D eigenvalue weighted by Crippen LogP contribution is -2.31. The zero-order chi connectivity index (χ0) is 17.8. The molecular formula is C20H26O5. The minimum atomic E-state index is -0.766. The molecule has 0 amide bonds. The van der Waals surface area contributed by atoms with Gasteiger partial charge in [0.15, 0.2) is 0 Å². The van der Waals surface area contributed by atoms with Crippen molar-refractivity contribution >= 4 is 11.9 Å². The van der Waals surface area contributed by atoms with Gasteiger partial charge in [0.05, 0.1) is 18.8 Å². The average molecular weight is 346 g/mol. The van der Waals surface area contributed by atoms with Gasteiger partial charge < -0.3 is 14.6 Å². The Balaban J connectivity index is 1.62. The van der Waals surface area contributed by atoms with Crippen LogP contribution in [0.2, 0.25) is 0 Å². The third kappa shape index (κ3) is 4.40. The van der Waals surface area contributed by atoms with E-state index in [0.29, 0.717) is 18.9 Å². The molecule has 2 fully saturated rings. The quantitative estimate of drug-likeness (QED) is 0.733. The molecule has 1 N–H and O–H groups in total. The van der Waals surface area contributed by atoms with Crippen molar-refractivity contribution in [3.05, 3.63) is 35.4 Å². The average Bonchev–Trinajstić information content (AvgIpc) is 3.18. The van der Waals surface area contributed by atoms with E-state index in [4.69, 9.17) is 14.6 Å². The van der Waals surface area contributed by atoms with Crippen LogP contribution in [0.25, 0.3) is 0 Å². The third-order valence-electron chi connectivity index (χ3n) is 5.54. The maximum Gasteiger partial charge on any atom is 0.303 e. The van der Waals surface area contributed by atoms with Crippen LogP contribution in [0.3, 0.4) is 0 Å². The van der Waals surface area contributed by atoms with Crippen molar-refractivity contribution in [1.29, 1.82) is 0 Å². The molecule has 0 spiro atoms. The van der Waals surface area contributed by atoms with Crippen LogP contribution in [0, 0.1) is 11.8 Å². The fourth-order valence-electron chi connectivity index (χ4n) is 4.32. The number of carbonyl (C=O) groups is 2. The lowest BCUT2D eigenvalue weighted by atomic mass is 9.76. The standard InChI is InChI=1S/C20H26O5/c1-13(21)24-12-17-16(18-9-10-19(17)25-18)8-6-14-4-2-3-5-15(14)7-11-20(22)23/h2-5,16-19H,6-12H2,1H3,(H,22,23)/t16-,17+,18+,19-/m1/s1. The van der Waals surface area contributed by atoms with E-state index < -0.39 is 5.97 Å². The minimum absolute atomic E-state index is 0.156. The predicted molar refractivity (Wildman–Crippen MR) is 92.2 cm³/mol. The number of carboxylic acids is 1. The van der Waals surface area contributed by atoms with E-state index in [9.17, 15) is 9.59 Å². The Morgan fingerprint density at radius 3 is 2.40 bits per heavy atom. The number of esters is 1. The summed E-state index contributed by atoms with van der Waals surface area (Å²) < 4.78 is 11.3. The highest BCUT2D eigenvalue weighted by Crippen LogP contribution is 2.45. The number of aryl methyl sites for hydroxylation is 2. The van der Waals surface area contributed by atoms with E-state index in [2.05, 4.69) is 6.07 Å². The van der Waals surface area contributed by atoms with Crippen LogP contribution in [-0.2, 0) is 31.9 Å². The van der Waals surface area contributed by atoms with Gasteiger partial charge >= 0.3 is 11.9 Å². The number of hydrogen-bond acceptors (Lipinski definition) is 4. The number of aliphatic carboxylic acids is 1. The van der Waals surface area contributed by atoms with Crippen LogP contribution in [0.15, 0.2) is 24.3 Å².